The highest BCUT2D eigenvalue weighted by atomic mass is 79.9. The van der Waals surface area contributed by atoms with Crippen LogP contribution in [0.5, 0.6) is 0 Å². The van der Waals surface area contributed by atoms with Crippen LogP contribution in [-0.2, 0) is 0 Å². The summed E-state index contributed by atoms with van der Waals surface area (Å²) in [4.78, 5) is 6.04. The summed E-state index contributed by atoms with van der Waals surface area (Å²) >= 11 is 6.55. The molecule has 0 aromatic carbocycles. The fourth-order valence-corrected chi connectivity index (χ4v) is 2.07. The second-order valence-electron chi connectivity index (χ2n) is 3.13. The van der Waals surface area contributed by atoms with Gasteiger partial charge in [0.15, 0.2) is 11.6 Å². The van der Waals surface area contributed by atoms with E-state index in [0.717, 1.165) is 24.8 Å². The SMILES string of the molecule is CCCN(CCBr)c1ncc(Br)cc1F. The van der Waals surface area contributed by atoms with Crippen molar-refractivity contribution in [3.63, 3.8) is 0 Å². The maximum atomic E-state index is 13.6. The lowest BCUT2D eigenvalue weighted by Crippen LogP contribution is -2.28. The van der Waals surface area contributed by atoms with Crippen LogP contribution < -0.4 is 4.90 Å². The Kier molecular flexibility index (Phi) is 5.53. The normalized spacial score (nSPS) is 10.4. The summed E-state index contributed by atoms with van der Waals surface area (Å²) in [6, 6.07) is 1.44. The van der Waals surface area contributed by atoms with Crippen LogP contribution in [0.1, 0.15) is 13.3 Å². The van der Waals surface area contributed by atoms with E-state index in [9.17, 15) is 4.39 Å². The monoisotopic (exact) mass is 338 g/mol. The van der Waals surface area contributed by atoms with Crippen LogP contribution in [-0.4, -0.2) is 23.4 Å². The third kappa shape index (κ3) is 3.72. The van der Waals surface area contributed by atoms with Gasteiger partial charge in [-0.05, 0) is 28.4 Å². The number of anilines is 1. The van der Waals surface area contributed by atoms with Gasteiger partial charge in [0.25, 0.3) is 0 Å². The predicted molar refractivity (Wildman–Crippen MR) is 68.2 cm³/mol. The number of rotatable bonds is 5. The lowest BCUT2D eigenvalue weighted by molar-refractivity contribution is 0.608. The first-order valence-corrected chi connectivity index (χ1v) is 6.72. The zero-order chi connectivity index (χ0) is 11.3. The van der Waals surface area contributed by atoms with E-state index in [-0.39, 0.29) is 5.82 Å². The van der Waals surface area contributed by atoms with E-state index in [1.165, 1.54) is 6.07 Å². The molecule has 0 saturated heterocycles. The largest absolute Gasteiger partial charge is 0.353 e. The summed E-state index contributed by atoms with van der Waals surface area (Å²) in [7, 11) is 0. The Bertz CT molecular complexity index is 314. The minimum atomic E-state index is -0.279. The molecule has 1 aromatic heterocycles. The Hall–Kier alpha value is -0.160. The van der Waals surface area contributed by atoms with E-state index in [4.69, 9.17) is 0 Å². The zero-order valence-corrected chi connectivity index (χ0v) is 11.7. The van der Waals surface area contributed by atoms with Gasteiger partial charge in [0, 0.05) is 29.1 Å². The molecular weight excluding hydrogens is 327 g/mol. The third-order valence-electron chi connectivity index (χ3n) is 1.94. The van der Waals surface area contributed by atoms with E-state index in [1.54, 1.807) is 6.20 Å². The first-order valence-electron chi connectivity index (χ1n) is 4.81. The van der Waals surface area contributed by atoms with Crippen molar-refractivity contribution in [3.05, 3.63) is 22.6 Å². The van der Waals surface area contributed by atoms with Crippen molar-refractivity contribution in [2.75, 3.05) is 23.3 Å². The maximum absolute atomic E-state index is 13.6. The van der Waals surface area contributed by atoms with Gasteiger partial charge in [-0.25, -0.2) is 9.37 Å². The first-order chi connectivity index (χ1) is 7.19. The van der Waals surface area contributed by atoms with Crippen molar-refractivity contribution in [3.8, 4) is 0 Å². The number of pyridine rings is 1. The average molecular weight is 340 g/mol. The Labute approximate surface area is 106 Å². The van der Waals surface area contributed by atoms with E-state index in [0.29, 0.717) is 10.3 Å². The molecule has 1 rings (SSSR count). The number of hydrogen-bond donors (Lipinski definition) is 0. The van der Waals surface area contributed by atoms with E-state index in [1.807, 2.05) is 4.90 Å². The molecular formula is C10H13Br2FN2. The number of hydrogen-bond acceptors (Lipinski definition) is 2. The van der Waals surface area contributed by atoms with Crippen molar-refractivity contribution in [2.24, 2.45) is 0 Å². The molecule has 0 spiro atoms. The van der Waals surface area contributed by atoms with Gasteiger partial charge in [0.05, 0.1) is 0 Å². The topological polar surface area (TPSA) is 16.1 Å². The Balaban J connectivity index is 2.89. The van der Waals surface area contributed by atoms with Crippen LogP contribution in [0.15, 0.2) is 16.7 Å². The van der Waals surface area contributed by atoms with Gasteiger partial charge in [0.1, 0.15) is 0 Å². The van der Waals surface area contributed by atoms with Crippen molar-refractivity contribution >= 4 is 37.7 Å². The summed E-state index contributed by atoms with van der Waals surface area (Å²) < 4.78 is 14.3. The van der Waals surface area contributed by atoms with Crippen LogP contribution in [0.2, 0.25) is 0 Å². The average Bonchev–Trinajstić information content (AvgIpc) is 2.17. The molecule has 1 heterocycles. The summed E-state index contributed by atoms with van der Waals surface area (Å²) in [5.41, 5.74) is 0. The van der Waals surface area contributed by atoms with Gasteiger partial charge >= 0.3 is 0 Å². The van der Waals surface area contributed by atoms with Gasteiger partial charge in [-0.3, -0.25) is 0 Å². The first kappa shape index (κ1) is 12.9. The minimum Gasteiger partial charge on any atom is -0.353 e. The van der Waals surface area contributed by atoms with Crippen LogP contribution in [0.4, 0.5) is 10.2 Å². The lowest BCUT2D eigenvalue weighted by atomic mass is 10.3. The molecule has 5 heteroatoms. The third-order valence-corrected chi connectivity index (χ3v) is 2.72. The van der Waals surface area contributed by atoms with Crippen LogP contribution in [0, 0.1) is 5.82 Å². The van der Waals surface area contributed by atoms with Crippen molar-refractivity contribution in [1.82, 2.24) is 4.98 Å². The molecule has 1 aromatic rings. The van der Waals surface area contributed by atoms with Crippen LogP contribution >= 0.6 is 31.9 Å². The summed E-state index contributed by atoms with van der Waals surface area (Å²) in [6.45, 7) is 3.65. The second-order valence-corrected chi connectivity index (χ2v) is 4.84. The number of alkyl halides is 1. The van der Waals surface area contributed by atoms with Gasteiger partial charge in [-0.15, -0.1) is 0 Å². The second kappa shape index (κ2) is 6.43. The van der Waals surface area contributed by atoms with E-state index in [2.05, 4.69) is 43.8 Å². The standard InChI is InChI=1S/C10H13Br2FN2/c1-2-4-15(5-3-11)10-9(13)6-8(12)7-14-10/h6-7H,2-5H2,1H3. The molecule has 0 saturated carbocycles. The highest BCUT2D eigenvalue weighted by Gasteiger charge is 2.11. The Morgan fingerprint density at radius 2 is 2.20 bits per heavy atom. The molecule has 15 heavy (non-hydrogen) atoms. The van der Waals surface area contributed by atoms with Crippen LogP contribution in [0.3, 0.4) is 0 Å². The van der Waals surface area contributed by atoms with Gasteiger partial charge in [-0.1, -0.05) is 22.9 Å². The molecule has 0 amide bonds. The quantitative estimate of drug-likeness (QED) is 0.762. The molecule has 84 valence electrons. The Morgan fingerprint density at radius 1 is 1.47 bits per heavy atom. The highest BCUT2D eigenvalue weighted by molar-refractivity contribution is 9.10. The summed E-state index contributed by atoms with van der Waals surface area (Å²) in [5.74, 6) is 0.151. The predicted octanol–water partition coefficient (Wildman–Crippen LogP) is 3.59. The minimum absolute atomic E-state index is 0.279. The fourth-order valence-electron chi connectivity index (χ4n) is 1.34. The molecule has 2 nitrogen and oxygen atoms in total. The molecule has 0 radical (unpaired) electrons. The van der Waals surface area contributed by atoms with Gasteiger partial charge in [0.2, 0.25) is 0 Å². The van der Waals surface area contributed by atoms with E-state index >= 15 is 0 Å². The molecule has 0 fully saturated rings. The molecule has 0 aliphatic rings. The molecule has 0 atom stereocenters. The molecule has 0 N–H and O–H groups in total. The van der Waals surface area contributed by atoms with E-state index < -0.39 is 0 Å². The zero-order valence-electron chi connectivity index (χ0n) is 8.51. The smallest absolute Gasteiger partial charge is 0.166 e. The van der Waals surface area contributed by atoms with Gasteiger partial charge < -0.3 is 4.90 Å². The molecule has 0 aliphatic carbocycles. The number of nitrogens with zero attached hydrogens (tertiary/aromatic N) is 2. The summed E-state index contributed by atoms with van der Waals surface area (Å²) in [6.07, 6.45) is 2.60. The maximum Gasteiger partial charge on any atom is 0.166 e. The fraction of sp³-hybridized carbons (Fsp3) is 0.500. The molecule has 0 unspecified atom stereocenters. The summed E-state index contributed by atoms with van der Waals surface area (Å²) in [5, 5.41) is 0.810. The lowest BCUT2D eigenvalue weighted by Gasteiger charge is -2.22. The Morgan fingerprint density at radius 3 is 2.73 bits per heavy atom. The number of halogens is 3. The molecule has 0 bridgehead atoms. The number of aromatic nitrogens is 1. The van der Waals surface area contributed by atoms with Gasteiger partial charge in [-0.2, -0.15) is 0 Å². The van der Waals surface area contributed by atoms with Crippen molar-refractivity contribution in [1.29, 1.82) is 0 Å². The van der Waals surface area contributed by atoms with Crippen molar-refractivity contribution in [2.45, 2.75) is 13.3 Å². The molecule has 0 aliphatic heterocycles. The van der Waals surface area contributed by atoms with Crippen molar-refractivity contribution < 1.29 is 4.39 Å². The highest BCUT2D eigenvalue weighted by Crippen LogP contribution is 2.20. The van der Waals surface area contributed by atoms with Crippen LogP contribution in [0.25, 0.3) is 0 Å².